The maximum Gasteiger partial charge on any atom is 1.00 e. The predicted molar refractivity (Wildman–Crippen MR) is 152 cm³/mol. The minimum atomic E-state index is -1.72. The van der Waals surface area contributed by atoms with Crippen molar-refractivity contribution in [2.24, 2.45) is 0 Å². The fourth-order valence-electron chi connectivity index (χ4n) is 1.30. The van der Waals surface area contributed by atoms with E-state index in [4.69, 9.17) is 30.1 Å². The quantitative estimate of drug-likeness (QED) is 0.317. The molecule has 0 rings (SSSR count). The number of halogens is 4. The largest absolute Gasteiger partial charge is 1.00 e. The van der Waals surface area contributed by atoms with Gasteiger partial charge >= 0.3 is 49.1 Å². The van der Waals surface area contributed by atoms with Gasteiger partial charge < -0.3 is 18.3 Å². The predicted octanol–water partition coefficient (Wildman–Crippen LogP) is 2.48. The van der Waals surface area contributed by atoms with E-state index in [0.717, 1.165) is 0 Å². The standard InChI is InChI=1S/4C4H9.3CH4.3CH3.3Al.4ClH.2Li/c4*1-4(2)3;;;;;;;;;;;;;;;/h4*1-3H3;3*1H4;3*1H3;;;;4*1H;;/q;;;-1;;;;;;;;;+3;;;;;2*+1/p-4. The summed E-state index contributed by atoms with van der Waals surface area (Å²) in [5.41, 5.74) is 0. The molecule has 0 N–H and O–H groups in total. The van der Waals surface area contributed by atoms with Gasteiger partial charge in [-0.1, -0.05) is 97.4 Å². The monoisotopic (exact) mass is 556 g/mol. The van der Waals surface area contributed by atoms with Crippen molar-refractivity contribution in [1.82, 2.24) is 0 Å². The summed E-state index contributed by atoms with van der Waals surface area (Å²) in [7, 11) is 14.8. The average Bonchev–Trinajstić information content (AvgIpc) is 2.23. The van der Waals surface area contributed by atoms with E-state index in [1.54, 1.807) is 0 Å². The van der Waals surface area contributed by atoms with Gasteiger partial charge in [0.25, 0.3) is 28.3 Å². The maximum absolute atomic E-state index is 4.94. The molecule has 0 saturated carbocycles. The average molecular weight is 558 g/mol. The fraction of sp³-hybridized carbons (Fsp3) is 0.955. The first-order valence-corrected chi connectivity index (χ1v) is 19.7. The molecule has 0 atom stereocenters. The molecule has 0 radical (unpaired) electrons. The number of hydrogen-bond donors (Lipinski definition) is 0. The van der Waals surface area contributed by atoms with E-state index in [-0.39, 0.29) is 86.6 Å². The van der Waals surface area contributed by atoms with Crippen LogP contribution < -0.4 is 50.1 Å². The third-order valence-electron chi connectivity index (χ3n) is 4.33. The molecule has 0 aliphatic heterocycles. The molecule has 0 saturated heterocycles. The van der Waals surface area contributed by atoms with Crippen LogP contribution in [-0.4, -0.2) is 39.7 Å². The molecular weight excluding hydrogens is 501 g/mol. The molecule has 0 aromatic carbocycles. The Bertz CT molecular complexity index is 275. The number of rotatable bonds is 0. The van der Waals surface area contributed by atoms with Crippen LogP contribution in [-0.2, 0) is 0 Å². The molecule has 184 valence electrons. The first-order chi connectivity index (χ1) is 10.6. The molecule has 9 heteroatoms. The van der Waals surface area contributed by atoms with E-state index in [1.165, 1.54) is 5.92 Å². The van der Waals surface area contributed by atoms with E-state index in [0.29, 0.717) is 12.8 Å². The van der Waals surface area contributed by atoms with Gasteiger partial charge in [0.15, 0.2) is 0 Å². The Morgan fingerprint density at radius 2 is 0.645 bits per heavy atom. The Balaban J connectivity index is -0.0000000236. The van der Waals surface area contributed by atoms with E-state index in [1.807, 2.05) is 0 Å². The summed E-state index contributed by atoms with van der Waals surface area (Å²) in [5, 5.41) is 0. The molecule has 0 nitrogen and oxygen atoms in total. The van der Waals surface area contributed by atoms with Gasteiger partial charge in [-0.15, -0.1) is 17.4 Å². The van der Waals surface area contributed by atoms with Crippen molar-refractivity contribution in [3.05, 3.63) is 5.92 Å². The third kappa shape index (κ3) is 71.9. The molecule has 0 aromatic heterocycles. The summed E-state index contributed by atoms with van der Waals surface area (Å²) in [6.45, 7) is 27.4. The molecule has 31 heavy (non-hydrogen) atoms. The number of hydrogen-bond acceptors (Lipinski definition) is 0. The van der Waals surface area contributed by atoms with Crippen molar-refractivity contribution >= 4 is 69.8 Å². The molecule has 0 aromatic rings. The van der Waals surface area contributed by atoms with Crippen molar-refractivity contribution in [2.45, 2.75) is 136 Å². The van der Waals surface area contributed by atoms with Crippen LogP contribution in [0.1, 0.15) is 105 Å². The van der Waals surface area contributed by atoms with Gasteiger partial charge in [0.1, 0.15) is 0 Å². The molecule has 0 spiro atoms. The van der Waals surface area contributed by atoms with Crippen molar-refractivity contribution in [3.8, 4) is 0 Å². The maximum atomic E-state index is 4.94. The second-order valence-corrected chi connectivity index (χ2v) is 26.1. The van der Waals surface area contributed by atoms with E-state index < -0.39 is 25.5 Å². The van der Waals surface area contributed by atoms with Gasteiger partial charge in [-0.05, 0) is 0 Å². The van der Waals surface area contributed by atoms with Gasteiger partial charge in [-0.25, -0.2) is 30.1 Å². The Labute approximate surface area is 258 Å². The second kappa shape index (κ2) is 32.0. The molecule has 0 aliphatic carbocycles. The molecule has 0 amide bonds. The van der Waals surface area contributed by atoms with Crippen molar-refractivity contribution < 1.29 is 50.1 Å². The first kappa shape index (κ1) is 64.7. The molecular formula is C22H57Al3Cl4Li2. The van der Waals surface area contributed by atoms with Gasteiger partial charge in [0.05, 0.1) is 0 Å². The van der Waals surface area contributed by atoms with Crippen LogP contribution in [0.15, 0.2) is 0 Å². The van der Waals surface area contributed by atoms with Crippen molar-refractivity contribution in [2.75, 3.05) is 0 Å². The van der Waals surface area contributed by atoms with E-state index in [9.17, 15) is 0 Å². The topological polar surface area (TPSA) is 0 Å². The van der Waals surface area contributed by atoms with Gasteiger partial charge in [0, 0.05) is 0 Å². The Morgan fingerprint density at radius 3 is 0.645 bits per heavy atom. The van der Waals surface area contributed by atoms with E-state index in [2.05, 4.69) is 100 Å². The van der Waals surface area contributed by atoms with Crippen molar-refractivity contribution in [1.29, 1.82) is 0 Å². The van der Waals surface area contributed by atoms with Crippen LogP contribution in [0, 0.1) is 5.92 Å². The van der Waals surface area contributed by atoms with Gasteiger partial charge in [0.2, 0.25) is 0 Å². The van der Waals surface area contributed by atoms with Crippen LogP contribution in [0.25, 0.3) is 0 Å². The SMILES string of the molecule is C.C.C.C[C-](C)C.[CH3][Al]([CH3])[C](C)(C)C.[CH3][Al]([C](C)(C)C)[C](C)(C)C.[Cl-].[Cl][Al]([Cl])[Cl].[Li+].[Li+]. The molecule has 0 heterocycles. The normalized spacial score (nSPS) is 9.00. The molecule has 0 bridgehead atoms. The van der Waals surface area contributed by atoms with Crippen LogP contribution in [0.5, 0.6) is 0 Å². The van der Waals surface area contributed by atoms with Crippen LogP contribution >= 0.6 is 30.1 Å². The third-order valence-corrected chi connectivity index (χ3v) is 13.0. The van der Waals surface area contributed by atoms with Crippen molar-refractivity contribution in [3.63, 3.8) is 0 Å². The van der Waals surface area contributed by atoms with Crippen LogP contribution in [0.3, 0.4) is 0 Å². The molecule has 0 fully saturated rings. The smallest absolute Gasteiger partial charge is 1.00 e. The summed E-state index contributed by atoms with van der Waals surface area (Å²) in [6.07, 6.45) is 0. The zero-order valence-corrected chi connectivity index (χ0v) is 28.7. The fourth-order valence-corrected chi connectivity index (χ4v) is 3.90. The van der Waals surface area contributed by atoms with Crippen LogP contribution in [0.2, 0.25) is 30.2 Å². The summed E-state index contributed by atoms with van der Waals surface area (Å²) in [4.78, 5) is 0. The van der Waals surface area contributed by atoms with Gasteiger partial charge in [-0.3, -0.25) is 0 Å². The van der Waals surface area contributed by atoms with E-state index >= 15 is 0 Å². The summed E-state index contributed by atoms with van der Waals surface area (Å²) < 4.78 is 1.80. The van der Waals surface area contributed by atoms with Crippen LogP contribution in [0.4, 0.5) is 0 Å². The first-order valence-electron chi connectivity index (χ1n) is 9.25. The summed E-state index contributed by atoms with van der Waals surface area (Å²) in [6, 6.07) is 0. The second-order valence-electron chi connectivity index (χ2n) is 10.7. The molecule has 0 unspecified atom stereocenters. The summed E-state index contributed by atoms with van der Waals surface area (Å²) >= 11 is -2.66. The zero-order valence-electron chi connectivity index (χ0n) is 22.2. The minimum absolute atomic E-state index is 0. The Kier molecular flexibility index (Phi) is 66.8. The summed E-state index contributed by atoms with van der Waals surface area (Å²) in [5.74, 6) is 8.67. The minimum Gasteiger partial charge on any atom is -1.00 e. The van der Waals surface area contributed by atoms with Gasteiger partial charge in [-0.2, -0.15) is 20.8 Å². The Morgan fingerprint density at radius 1 is 0.548 bits per heavy atom. The zero-order chi connectivity index (χ0) is 21.8. The Hall–Kier alpha value is 3.95. The molecule has 0 aliphatic rings.